The van der Waals surface area contributed by atoms with Crippen molar-refractivity contribution in [1.82, 2.24) is 4.90 Å². The maximum absolute atomic E-state index is 10.4. The van der Waals surface area contributed by atoms with Crippen LogP contribution in [-0.2, 0) is 4.74 Å². The lowest BCUT2D eigenvalue weighted by molar-refractivity contribution is 0.166. The predicted octanol–water partition coefficient (Wildman–Crippen LogP) is 0.582. The Hall–Kier alpha value is -0.990. The fourth-order valence-electron chi connectivity index (χ4n) is 0.571. The monoisotopic (exact) mass is 113 g/mol. The van der Waals surface area contributed by atoms with E-state index in [-0.39, 0.29) is 6.09 Å². The lowest BCUT2D eigenvalue weighted by Gasteiger charge is -2.01. The van der Waals surface area contributed by atoms with E-state index in [4.69, 9.17) is 0 Å². The van der Waals surface area contributed by atoms with Gasteiger partial charge in [0.1, 0.15) is 6.61 Å². The van der Waals surface area contributed by atoms with Gasteiger partial charge >= 0.3 is 6.09 Å². The van der Waals surface area contributed by atoms with Gasteiger partial charge in [-0.05, 0) is 0 Å². The van der Waals surface area contributed by atoms with E-state index in [1.807, 2.05) is 0 Å². The average Bonchev–Trinajstić information content (AvgIpc) is 2.14. The minimum Gasteiger partial charge on any atom is -0.447 e. The highest BCUT2D eigenvalue weighted by molar-refractivity contribution is 5.70. The second-order valence-electron chi connectivity index (χ2n) is 1.49. The molecular formula is C5H7NO2. The first-order chi connectivity index (χ1) is 3.84. The van der Waals surface area contributed by atoms with E-state index >= 15 is 0 Å². The van der Waals surface area contributed by atoms with Gasteiger partial charge in [0.05, 0.1) is 6.54 Å². The van der Waals surface area contributed by atoms with E-state index in [0.717, 1.165) is 0 Å². The van der Waals surface area contributed by atoms with Crippen LogP contribution >= 0.6 is 0 Å². The number of carbonyl (C=O) groups is 1. The molecule has 8 heavy (non-hydrogen) atoms. The van der Waals surface area contributed by atoms with Crippen LogP contribution in [0.25, 0.3) is 0 Å². The first kappa shape index (κ1) is 5.15. The first-order valence-electron chi connectivity index (χ1n) is 2.40. The summed E-state index contributed by atoms with van der Waals surface area (Å²) in [6.45, 7) is 4.55. The number of rotatable bonds is 1. The molecule has 0 aromatic heterocycles. The molecule has 3 nitrogen and oxygen atoms in total. The summed E-state index contributed by atoms with van der Waals surface area (Å²) in [6.07, 6.45) is 1.18. The van der Waals surface area contributed by atoms with Crippen molar-refractivity contribution in [3.05, 3.63) is 12.8 Å². The maximum Gasteiger partial charge on any atom is 0.413 e. The van der Waals surface area contributed by atoms with Crippen LogP contribution in [0.5, 0.6) is 0 Å². The lowest BCUT2D eigenvalue weighted by Crippen LogP contribution is -2.15. The molecule has 1 aliphatic heterocycles. The van der Waals surface area contributed by atoms with Crippen molar-refractivity contribution in [3.8, 4) is 0 Å². The van der Waals surface area contributed by atoms with Crippen molar-refractivity contribution >= 4 is 6.09 Å². The summed E-state index contributed by atoms with van der Waals surface area (Å²) < 4.78 is 4.57. The normalized spacial score (nSPS) is 18.5. The Morgan fingerprint density at radius 2 is 2.62 bits per heavy atom. The second kappa shape index (κ2) is 1.86. The smallest absolute Gasteiger partial charge is 0.413 e. The molecule has 0 aliphatic carbocycles. The van der Waals surface area contributed by atoms with Crippen molar-refractivity contribution in [2.24, 2.45) is 0 Å². The van der Waals surface area contributed by atoms with Crippen LogP contribution in [0, 0.1) is 0 Å². The molecule has 0 atom stereocenters. The molecule has 0 unspecified atom stereocenters. The van der Waals surface area contributed by atoms with Crippen LogP contribution in [0.3, 0.4) is 0 Å². The number of ether oxygens (including phenoxy) is 1. The number of nitrogens with zero attached hydrogens (tertiary/aromatic N) is 1. The predicted molar refractivity (Wildman–Crippen MR) is 28.3 cm³/mol. The topological polar surface area (TPSA) is 29.5 Å². The van der Waals surface area contributed by atoms with E-state index in [1.165, 1.54) is 11.1 Å². The van der Waals surface area contributed by atoms with Crippen molar-refractivity contribution < 1.29 is 9.53 Å². The first-order valence-corrected chi connectivity index (χ1v) is 2.40. The van der Waals surface area contributed by atoms with E-state index in [1.54, 1.807) is 0 Å². The second-order valence-corrected chi connectivity index (χ2v) is 1.49. The minimum atomic E-state index is -0.292. The molecule has 1 fully saturated rings. The quantitative estimate of drug-likeness (QED) is 0.498. The third kappa shape index (κ3) is 0.665. The highest BCUT2D eigenvalue weighted by atomic mass is 16.6. The van der Waals surface area contributed by atoms with Gasteiger partial charge in [0.25, 0.3) is 0 Å². The SMILES string of the molecule is C=CN1CCOC1=O. The van der Waals surface area contributed by atoms with E-state index in [2.05, 4.69) is 11.3 Å². The van der Waals surface area contributed by atoms with E-state index < -0.39 is 0 Å². The van der Waals surface area contributed by atoms with Crippen LogP contribution < -0.4 is 0 Å². The molecule has 0 N–H and O–H groups in total. The number of hydrogen-bond donors (Lipinski definition) is 0. The molecule has 0 saturated carbocycles. The highest BCUT2D eigenvalue weighted by Gasteiger charge is 2.17. The van der Waals surface area contributed by atoms with Gasteiger partial charge in [-0.25, -0.2) is 4.79 Å². The Labute approximate surface area is 47.5 Å². The minimum absolute atomic E-state index is 0.292. The van der Waals surface area contributed by atoms with Crippen molar-refractivity contribution in [2.75, 3.05) is 13.2 Å². The Balaban J connectivity index is 2.54. The van der Waals surface area contributed by atoms with Gasteiger partial charge in [-0.2, -0.15) is 0 Å². The molecule has 0 radical (unpaired) electrons. The summed E-state index contributed by atoms with van der Waals surface area (Å²) in [6, 6.07) is 0. The summed E-state index contributed by atoms with van der Waals surface area (Å²) in [5.41, 5.74) is 0. The molecule has 1 rings (SSSR count). The summed E-state index contributed by atoms with van der Waals surface area (Å²) >= 11 is 0. The van der Waals surface area contributed by atoms with Crippen LogP contribution in [0.4, 0.5) is 4.79 Å². The van der Waals surface area contributed by atoms with Gasteiger partial charge in [0.15, 0.2) is 0 Å². The van der Waals surface area contributed by atoms with E-state index in [9.17, 15) is 4.79 Å². The van der Waals surface area contributed by atoms with Gasteiger partial charge in [-0.1, -0.05) is 6.58 Å². The number of cyclic esters (lactones) is 1. The van der Waals surface area contributed by atoms with E-state index in [0.29, 0.717) is 13.2 Å². The number of carbonyl (C=O) groups excluding carboxylic acids is 1. The molecule has 1 heterocycles. The molecule has 1 aliphatic rings. The largest absolute Gasteiger partial charge is 0.447 e. The summed E-state index contributed by atoms with van der Waals surface area (Å²) in [4.78, 5) is 11.9. The molecule has 1 amide bonds. The molecule has 0 aromatic rings. The van der Waals surface area contributed by atoms with Crippen LogP contribution in [0.15, 0.2) is 12.8 Å². The van der Waals surface area contributed by atoms with Gasteiger partial charge in [0, 0.05) is 6.20 Å². The van der Waals surface area contributed by atoms with Crippen LogP contribution in [0.2, 0.25) is 0 Å². The van der Waals surface area contributed by atoms with Gasteiger partial charge in [-0.15, -0.1) is 0 Å². The Bertz CT molecular complexity index is 122. The van der Waals surface area contributed by atoms with Gasteiger partial charge in [0.2, 0.25) is 0 Å². The number of hydrogen-bond acceptors (Lipinski definition) is 2. The molecule has 1 saturated heterocycles. The van der Waals surface area contributed by atoms with Gasteiger partial charge in [-0.3, -0.25) is 4.90 Å². The molecule has 3 heteroatoms. The highest BCUT2D eigenvalue weighted by Crippen LogP contribution is 2.01. The zero-order valence-electron chi connectivity index (χ0n) is 4.46. The van der Waals surface area contributed by atoms with Crippen molar-refractivity contribution in [3.63, 3.8) is 0 Å². The molecule has 0 bridgehead atoms. The molecule has 44 valence electrons. The average molecular weight is 113 g/mol. The Morgan fingerprint density at radius 3 is 2.88 bits per heavy atom. The molecule has 0 aromatic carbocycles. The van der Waals surface area contributed by atoms with Crippen molar-refractivity contribution in [1.29, 1.82) is 0 Å². The third-order valence-corrected chi connectivity index (χ3v) is 1.01. The summed E-state index contributed by atoms with van der Waals surface area (Å²) in [5, 5.41) is 0. The Morgan fingerprint density at radius 1 is 1.88 bits per heavy atom. The Kier molecular flexibility index (Phi) is 1.20. The standard InChI is InChI=1S/C5H7NO2/c1-2-6-3-4-8-5(6)7/h2H,1,3-4H2. The maximum atomic E-state index is 10.4. The van der Waals surface area contributed by atoms with Crippen LogP contribution in [-0.4, -0.2) is 24.1 Å². The third-order valence-electron chi connectivity index (χ3n) is 1.01. The fraction of sp³-hybridized carbons (Fsp3) is 0.400. The van der Waals surface area contributed by atoms with Crippen molar-refractivity contribution in [2.45, 2.75) is 0 Å². The van der Waals surface area contributed by atoms with Gasteiger partial charge < -0.3 is 4.74 Å². The zero-order chi connectivity index (χ0) is 5.98. The van der Waals surface area contributed by atoms with Crippen LogP contribution in [0.1, 0.15) is 0 Å². The summed E-state index contributed by atoms with van der Waals surface area (Å²) in [7, 11) is 0. The summed E-state index contributed by atoms with van der Waals surface area (Å²) in [5.74, 6) is 0. The zero-order valence-corrected chi connectivity index (χ0v) is 4.46. The fourth-order valence-corrected chi connectivity index (χ4v) is 0.571. The number of amides is 1. The molecular weight excluding hydrogens is 106 g/mol. The lowest BCUT2D eigenvalue weighted by atomic mass is 10.6. The molecule has 0 spiro atoms.